The van der Waals surface area contributed by atoms with Crippen molar-refractivity contribution in [1.29, 1.82) is 0 Å². The molecule has 0 aromatic heterocycles. The Morgan fingerprint density at radius 1 is 1.32 bits per heavy atom. The van der Waals surface area contributed by atoms with E-state index in [0.29, 0.717) is 19.0 Å². The number of nitrogens with zero attached hydrogens (tertiary/aromatic N) is 5. The van der Waals surface area contributed by atoms with E-state index in [9.17, 15) is 20.0 Å². The number of nitro groups is 1. The molecule has 0 atom stereocenters. The Balaban J connectivity index is 2.03. The second kappa shape index (κ2) is 9.97. The highest BCUT2D eigenvalue weighted by atomic mass is 35.5. The number of rotatable bonds is 6. The van der Waals surface area contributed by atoms with Gasteiger partial charge in [0.25, 0.3) is 5.69 Å². The predicted octanol–water partition coefficient (Wildman–Crippen LogP) is 3.49. The zero-order chi connectivity index (χ0) is 22.5. The third-order valence-electron chi connectivity index (χ3n) is 4.72. The van der Waals surface area contributed by atoms with Gasteiger partial charge in [-0.1, -0.05) is 23.2 Å². The molecule has 0 spiro atoms. The summed E-state index contributed by atoms with van der Waals surface area (Å²) in [5.74, 6) is -0.750. The lowest BCUT2D eigenvalue weighted by atomic mass is 10.1. The second-order valence-electron chi connectivity index (χ2n) is 6.77. The van der Waals surface area contributed by atoms with Crippen molar-refractivity contribution in [2.75, 3.05) is 32.8 Å². The van der Waals surface area contributed by atoms with Gasteiger partial charge in [-0.15, -0.1) is 0 Å². The molecule has 31 heavy (non-hydrogen) atoms. The van der Waals surface area contributed by atoms with Crippen molar-refractivity contribution in [1.82, 2.24) is 9.91 Å². The fourth-order valence-electron chi connectivity index (χ4n) is 3.27. The average molecular weight is 470 g/mol. The predicted molar refractivity (Wildman–Crippen MR) is 118 cm³/mol. The summed E-state index contributed by atoms with van der Waals surface area (Å²) in [7, 11) is 0. The summed E-state index contributed by atoms with van der Waals surface area (Å²) < 4.78 is 5.02. The van der Waals surface area contributed by atoms with Gasteiger partial charge in [0.2, 0.25) is 5.96 Å². The lowest BCUT2D eigenvalue weighted by Crippen LogP contribution is -2.50. The fourth-order valence-corrected chi connectivity index (χ4v) is 3.81. The summed E-state index contributed by atoms with van der Waals surface area (Å²) in [5.41, 5.74) is -0.896. The van der Waals surface area contributed by atoms with Gasteiger partial charge in [-0.2, -0.15) is 5.10 Å². The van der Waals surface area contributed by atoms with Gasteiger partial charge in [-0.25, -0.2) is 9.80 Å². The average Bonchev–Trinajstić information content (AvgIpc) is 2.73. The smallest absolute Gasteiger partial charge is 0.343 e. The zero-order valence-electron chi connectivity index (χ0n) is 16.8. The molecule has 0 bridgehead atoms. The van der Waals surface area contributed by atoms with E-state index in [-0.39, 0.29) is 27.8 Å². The largest absolute Gasteiger partial charge is 0.506 e. The normalized spacial score (nSPS) is 17.2. The van der Waals surface area contributed by atoms with Crippen LogP contribution in [0.5, 0.6) is 0 Å². The van der Waals surface area contributed by atoms with Crippen LogP contribution in [0.15, 0.2) is 27.8 Å². The number of carbonyl (C=O) groups is 1. The molecule has 0 aliphatic carbocycles. The maximum Gasteiger partial charge on any atom is 0.343 e. The minimum Gasteiger partial charge on any atom is -0.506 e. The van der Waals surface area contributed by atoms with Crippen molar-refractivity contribution >= 4 is 52.8 Å². The standard InChI is InChI=1S/C19H21Cl2N5O5/c1-2-31-18(28)13(11-23-25-8-4-7-24-6-3-5-22-19(24)25)17(27)12-9-16(26(29)30)15(21)10-14(12)20/h9-11,27H,2-8H2,1H3. The lowest BCUT2D eigenvalue weighted by molar-refractivity contribution is -0.384. The van der Waals surface area contributed by atoms with E-state index < -0.39 is 22.3 Å². The molecule has 0 unspecified atom stereocenters. The first-order chi connectivity index (χ1) is 14.8. The Kier molecular flexibility index (Phi) is 7.34. The number of ether oxygens (including phenoxy) is 1. The molecule has 10 nitrogen and oxygen atoms in total. The summed E-state index contributed by atoms with van der Waals surface area (Å²) in [6, 6.07) is 2.13. The molecule has 3 rings (SSSR count). The van der Waals surface area contributed by atoms with E-state index in [4.69, 9.17) is 27.9 Å². The highest BCUT2D eigenvalue weighted by molar-refractivity contribution is 6.37. The number of hydrazone groups is 1. The molecule has 0 radical (unpaired) electrons. The maximum atomic E-state index is 12.5. The number of aliphatic hydroxyl groups is 1. The maximum absolute atomic E-state index is 12.5. The van der Waals surface area contributed by atoms with E-state index in [0.717, 1.165) is 44.3 Å². The fraction of sp³-hybridized carbons (Fsp3) is 0.421. The van der Waals surface area contributed by atoms with Crippen LogP contribution in [0.3, 0.4) is 0 Å². The highest BCUT2D eigenvalue weighted by Crippen LogP contribution is 2.34. The number of benzene rings is 1. The van der Waals surface area contributed by atoms with Crippen LogP contribution in [0.1, 0.15) is 25.3 Å². The third-order valence-corrected chi connectivity index (χ3v) is 5.33. The van der Waals surface area contributed by atoms with Gasteiger partial charge in [0, 0.05) is 37.8 Å². The SMILES string of the molecule is CCOC(=O)C(C=NN1CCCN2CCCN=C21)=C(O)c1cc([N+](=O)[O-])c(Cl)cc1Cl. The molecule has 2 aliphatic heterocycles. The lowest BCUT2D eigenvalue weighted by Gasteiger charge is -2.38. The van der Waals surface area contributed by atoms with Gasteiger partial charge in [0.1, 0.15) is 16.4 Å². The molecule has 166 valence electrons. The van der Waals surface area contributed by atoms with Crippen LogP contribution in [0.25, 0.3) is 5.76 Å². The first-order valence-corrected chi connectivity index (χ1v) is 10.4. The number of hydrogen-bond acceptors (Lipinski definition) is 9. The van der Waals surface area contributed by atoms with Crippen molar-refractivity contribution in [2.45, 2.75) is 19.8 Å². The minimum atomic E-state index is -0.850. The third kappa shape index (κ3) is 5.08. The van der Waals surface area contributed by atoms with Crippen molar-refractivity contribution in [3.8, 4) is 0 Å². The van der Waals surface area contributed by atoms with Crippen molar-refractivity contribution in [3.05, 3.63) is 43.4 Å². The Labute approximate surface area is 188 Å². The number of aliphatic hydroxyl groups excluding tert-OH is 1. The Morgan fingerprint density at radius 3 is 2.77 bits per heavy atom. The van der Waals surface area contributed by atoms with Crippen LogP contribution in [-0.4, -0.2) is 70.9 Å². The molecule has 1 aromatic carbocycles. The Bertz CT molecular complexity index is 979. The van der Waals surface area contributed by atoms with Crippen LogP contribution in [0, 0.1) is 10.1 Å². The second-order valence-corrected chi connectivity index (χ2v) is 7.58. The molecule has 12 heteroatoms. The number of halogens is 2. The molecule has 1 N–H and O–H groups in total. The molecule has 1 saturated heterocycles. The summed E-state index contributed by atoms with van der Waals surface area (Å²) in [4.78, 5) is 29.6. The summed E-state index contributed by atoms with van der Waals surface area (Å²) in [5, 5.41) is 27.7. The van der Waals surface area contributed by atoms with E-state index >= 15 is 0 Å². The summed E-state index contributed by atoms with van der Waals surface area (Å²) in [6.45, 7) is 4.70. The summed E-state index contributed by atoms with van der Waals surface area (Å²) >= 11 is 12.0. The van der Waals surface area contributed by atoms with Crippen LogP contribution in [0.2, 0.25) is 10.0 Å². The van der Waals surface area contributed by atoms with Crippen LogP contribution >= 0.6 is 23.2 Å². The Hall–Kier alpha value is -2.85. The number of carbonyl (C=O) groups excluding carboxylic acids is 1. The van der Waals surface area contributed by atoms with Gasteiger partial charge in [-0.3, -0.25) is 15.1 Å². The van der Waals surface area contributed by atoms with Crippen molar-refractivity contribution in [2.24, 2.45) is 10.1 Å². The number of nitro benzene ring substituents is 1. The van der Waals surface area contributed by atoms with E-state index in [2.05, 4.69) is 15.0 Å². The molecule has 0 saturated carbocycles. The van der Waals surface area contributed by atoms with E-state index in [1.54, 1.807) is 11.9 Å². The van der Waals surface area contributed by atoms with Gasteiger partial charge in [-0.05, 0) is 25.8 Å². The van der Waals surface area contributed by atoms with Crippen LogP contribution < -0.4 is 0 Å². The Morgan fingerprint density at radius 2 is 2.06 bits per heavy atom. The number of guanidine groups is 1. The van der Waals surface area contributed by atoms with Gasteiger partial charge in [0.15, 0.2) is 0 Å². The number of hydrogen-bond donors (Lipinski definition) is 1. The van der Waals surface area contributed by atoms with Crippen molar-refractivity contribution in [3.63, 3.8) is 0 Å². The molecule has 1 aromatic rings. The molecule has 0 amide bonds. The zero-order valence-corrected chi connectivity index (χ0v) is 18.3. The quantitative estimate of drug-likeness (QED) is 0.169. The van der Waals surface area contributed by atoms with E-state index in [1.807, 2.05) is 0 Å². The topological polar surface area (TPSA) is 121 Å². The number of fused-ring (bicyclic) bond motifs is 1. The van der Waals surface area contributed by atoms with E-state index in [1.165, 1.54) is 0 Å². The first-order valence-electron chi connectivity index (χ1n) is 9.68. The summed E-state index contributed by atoms with van der Waals surface area (Å²) in [6.07, 6.45) is 2.98. The van der Waals surface area contributed by atoms with Gasteiger partial charge in [0.05, 0.1) is 22.8 Å². The molecule has 2 heterocycles. The van der Waals surface area contributed by atoms with Crippen LogP contribution in [-0.2, 0) is 9.53 Å². The molecule has 1 fully saturated rings. The van der Waals surface area contributed by atoms with Crippen LogP contribution in [0.4, 0.5) is 5.69 Å². The van der Waals surface area contributed by atoms with Crippen molar-refractivity contribution < 1.29 is 19.6 Å². The highest BCUT2D eigenvalue weighted by Gasteiger charge is 2.27. The van der Waals surface area contributed by atoms with Gasteiger partial charge >= 0.3 is 5.97 Å². The molecular formula is C19H21Cl2N5O5. The first kappa shape index (κ1) is 22.8. The molecule has 2 aliphatic rings. The molecular weight excluding hydrogens is 449 g/mol. The number of aliphatic imine (C=N–C) groups is 1. The van der Waals surface area contributed by atoms with Gasteiger partial charge < -0.3 is 14.7 Å². The monoisotopic (exact) mass is 469 g/mol. The number of esters is 1. The minimum absolute atomic E-state index is 0.0577.